The summed E-state index contributed by atoms with van der Waals surface area (Å²) in [6, 6.07) is 10.8. The second-order valence-corrected chi connectivity index (χ2v) is 5.82. The van der Waals surface area contributed by atoms with Gasteiger partial charge in [0.2, 0.25) is 0 Å². The van der Waals surface area contributed by atoms with Crippen LogP contribution in [0, 0.1) is 5.82 Å². The molecule has 0 unspecified atom stereocenters. The third-order valence-corrected chi connectivity index (χ3v) is 4.05. The van der Waals surface area contributed by atoms with E-state index in [2.05, 4.69) is 27.8 Å². The first kappa shape index (κ1) is 18.9. The molecule has 2 aromatic rings. The first-order valence-corrected chi connectivity index (χ1v) is 7.75. The summed E-state index contributed by atoms with van der Waals surface area (Å²) >= 11 is 1.76. The fourth-order valence-corrected chi connectivity index (χ4v) is 2.83. The lowest BCUT2D eigenvalue weighted by molar-refractivity contribution is 0.475. The van der Waals surface area contributed by atoms with Gasteiger partial charge in [0.25, 0.3) is 0 Å². The number of hydrogen-bond acceptors (Lipinski definition) is 2. The van der Waals surface area contributed by atoms with Crippen LogP contribution in [0.2, 0.25) is 0 Å². The minimum absolute atomic E-state index is 0. The number of rotatable bonds is 5. The molecular weight excluding hydrogens is 412 g/mol. The Balaban J connectivity index is 0.00000242. The van der Waals surface area contributed by atoms with Gasteiger partial charge >= 0.3 is 0 Å². The minimum Gasteiger partial charge on any atom is -0.356 e. The normalized spacial score (nSPS) is 11.0. The van der Waals surface area contributed by atoms with Crippen LogP contribution < -0.4 is 5.32 Å². The Morgan fingerprint density at radius 1 is 1.32 bits per heavy atom. The van der Waals surface area contributed by atoms with Crippen molar-refractivity contribution in [1.82, 2.24) is 10.2 Å². The van der Waals surface area contributed by atoms with Crippen molar-refractivity contribution < 1.29 is 4.39 Å². The topological polar surface area (TPSA) is 27.6 Å². The third-order valence-electron chi connectivity index (χ3n) is 3.12. The molecule has 0 saturated carbocycles. The van der Waals surface area contributed by atoms with Crippen molar-refractivity contribution in [2.24, 2.45) is 4.99 Å². The van der Waals surface area contributed by atoms with Gasteiger partial charge in [0, 0.05) is 32.1 Å². The van der Waals surface area contributed by atoms with E-state index in [4.69, 9.17) is 0 Å². The Kier molecular flexibility index (Phi) is 8.40. The molecular formula is C16H21FIN3S. The molecule has 1 aromatic carbocycles. The number of nitrogens with zero attached hydrogens (tertiary/aromatic N) is 2. The molecule has 0 spiro atoms. The zero-order valence-corrected chi connectivity index (χ0v) is 15.9. The molecule has 120 valence electrons. The molecule has 0 fully saturated rings. The molecule has 3 nitrogen and oxygen atoms in total. The van der Waals surface area contributed by atoms with Crippen LogP contribution >= 0.6 is 35.3 Å². The van der Waals surface area contributed by atoms with Crippen LogP contribution in [0.1, 0.15) is 10.4 Å². The van der Waals surface area contributed by atoms with E-state index in [0.29, 0.717) is 6.54 Å². The number of halogens is 2. The van der Waals surface area contributed by atoms with Gasteiger partial charge in [-0.3, -0.25) is 4.99 Å². The van der Waals surface area contributed by atoms with Gasteiger partial charge in [0.1, 0.15) is 5.82 Å². The van der Waals surface area contributed by atoms with Gasteiger partial charge in [-0.2, -0.15) is 0 Å². The lowest BCUT2D eigenvalue weighted by atomic mass is 10.2. The average Bonchev–Trinajstić information content (AvgIpc) is 2.96. The SMILES string of the molecule is CN=C(NCCc1cccs1)N(C)Cc1cccc(F)c1.I. The maximum absolute atomic E-state index is 13.2. The van der Waals surface area contributed by atoms with Crippen LogP contribution in [0.25, 0.3) is 0 Å². The van der Waals surface area contributed by atoms with Crippen LogP contribution in [-0.4, -0.2) is 31.5 Å². The third kappa shape index (κ3) is 5.92. The molecule has 0 aliphatic heterocycles. The minimum atomic E-state index is -0.207. The van der Waals surface area contributed by atoms with Crippen molar-refractivity contribution in [3.63, 3.8) is 0 Å². The summed E-state index contributed by atoms with van der Waals surface area (Å²) in [4.78, 5) is 7.61. The van der Waals surface area contributed by atoms with Crippen molar-refractivity contribution >= 4 is 41.3 Å². The molecule has 0 aliphatic carbocycles. The summed E-state index contributed by atoms with van der Waals surface area (Å²) in [7, 11) is 3.71. The fraction of sp³-hybridized carbons (Fsp3) is 0.312. The van der Waals surface area contributed by atoms with Crippen LogP contribution in [-0.2, 0) is 13.0 Å². The summed E-state index contributed by atoms with van der Waals surface area (Å²) in [5.74, 6) is 0.609. The van der Waals surface area contributed by atoms with Gasteiger partial charge in [-0.1, -0.05) is 18.2 Å². The second kappa shape index (κ2) is 9.78. The second-order valence-electron chi connectivity index (χ2n) is 4.79. The average molecular weight is 433 g/mol. The largest absolute Gasteiger partial charge is 0.356 e. The standard InChI is InChI=1S/C16H20FN3S.HI/c1-18-16(19-9-8-15-7-4-10-21-15)20(2)12-13-5-3-6-14(17)11-13;/h3-7,10-11H,8-9,12H2,1-2H3,(H,18,19);1H. The number of hydrogen-bond donors (Lipinski definition) is 1. The smallest absolute Gasteiger partial charge is 0.193 e. The summed E-state index contributed by atoms with van der Waals surface area (Å²) in [6.07, 6.45) is 0.977. The zero-order valence-electron chi connectivity index (χ0n) is 12.8. The predicted octanol–water partition coefficient (Wildman–Crippen LogP) is 3.76. The van der Waals surface area contributed by atoms with Crippen LogP contribution in [0.4, 0.5) is 4.39 Å². The molecule has 1 N–H and O–H groups in total. The van der Waals surface area contributed by atoms with E-state index < -0.39 is 0 Å². The summed E-state index contributed by atoms with van der Waals surface area (Å²) in [5, 5.41) is 5.41. The quantitative estimate of drug-likeness (QED) is 0.442. The van der Waals surface area contributed by atoms with E-state index in [0.717, 1.165) is 24.5 Å². The monoisotopic (exact) mass is 433 g/mol. The molecule has 0 atom stereocenters. The van der Waals surface area contributed by atoms with Gasteiger partial charge in [-0.05, 0) is 35.6 Å². The summed E-state index contributed by atoms with van der Waals surface area (Å²) in [5.41, 5.74) is 0.929. The maximum Gasteiger partial charge on any atom is 0.193 e. The Morgan fingerprint density at radius 3 is 2.77 bits per heavy atom. The highest BCUT2D eigenvalue weighted by atomic mass is 127. The summed E-state index contributed by atoms with van der Waals surface area (Å²) < 4.78 is 13.2. The van der Waals surface area contributed by atoms with E-state index in [1.165, 1.54) is 10.9 Å². The van der Waals surface area contributed by atoms with Gasteiger partial charge in [0.05, 0.1) is 0 Å². The van der Waals surface area contributed by atoms with E-state index in [-0.39, 0.29) is 29.8 Å². The molecule has 1 aromatic heterocycles. The molecule has 1 heterocycles. The summed E-state index contributed by atoms with van der Waals surface area (Å²) in [6.45, 7) is 1.46. The number of benzene rings is 1. The van der Waals surface area contributed by atoms with Crippen molar-refractivity contribution in [3.8, 4) is 0 Å². The Bertz CT molecular complexity index is 587. The number of aliphatic imine (C=N–C) groups is 1. The number of thiophene rings is 1. The highest BCUT2D eigenvalue weighted by Crippen LogP contribution is 2.09. The highest BCUT2D eigenvalue weighted by molar-refractivity contribution is 14.0. The van der Waals surface area contributed by atoms with E-state index >= 15 is 0 Å². The molecule has 6 heteroatoms. The molecule has 0 saturated heterocycles. The predicted molar refractivity (Wildman–Crippen MR) is 103 cm³/mol. The molecule has 0 amide bonds. The van der Waals surface area contributed by atoms with E-state index in [9.17, 15) is 4.39 Å². The zero-order chi connectivity index (χ0) is 15.1. The lowest BCUT2D eigenvalue weighted by Crippen LogP contribution is -2.39. The van der Waals surface area contributed by atoms with Gasteiger partial charge in [-0.15, -0.1) is 35.3 Å². The lowest BCUT2D eigenvalue weighted by Gasteiger charge is -2.22. The van der Waals surface area contributed by atoms with E-state index in [1.807, 2.05) is 18.0 Å². The first-order chi connectivity index (χ1) is 10.2. The Hall–Kier alpha value is -1.15. The fourth-order valence-electron chi connectivity index (χ4n) is 2.12. The van der Waals surface area contributed by atoms with Gasteiger partial charge in [0.15, 0.2) is 5.96 Å². The van der Waals surface area contributed by atoms with Crippen molar-refractivity contribution in [2.75, 3.05) is 20.6 Å². The van der Waals surface area contributed by atoms with Crippen LogP contribution in [0.3, 0.4) is 0 Å². The molecule has 2 rings (SSSR count). The molecule has 0 aliphatic rings. The van der Waals surface area contributed by atoms with Crippen LogP contribution in [0.5, 0.6) is 0 Å². The molecule has 22 heavy (non-hydrogen) atoms. The highest BCUT2D eigenvalue weighted by Gasteiger charge is 2.07. The van der Waals surface area contributed by atoms with Crippen LogP contribution in [0.15, 0.2) is 46.8 Å². The van der Waals surface area contributed by atoms with Crippen molar-refractivity contribution in [1.29, 1.82) is 0 Å². The van der Waals surface area contributed by atoms with Crippen molar-refractivity contribution in [3.05, 3.63) is 58.0 Å². The van der Waals surface area contributed by atoms with E-state index in [1.54, 1.807) is 30.5 Å². The first-order valence-electron chi connectivity index (χ1n) is 6.87. The van der Waals surface area contributed by atoms with Gasteiger partial charge < -0.3 is 10.2 Å². The Morgan fingerprint density at radius 2 is 2.14 bits per heavy atom. The number of nitrogens with one attached hydrogen (secondary N) is 1. The number of guanidine groups is 1. The maximum atomic E-state index is 13.2. The molecule has 0 bridgehead atoms. The Labute approximate surface area is 152 Å². The molecule has 0 radical (unpaired) electrons. The van der Waals surface area contributed by atoms with Crippen molar-refractivity contribution in [2.45, 2.75) is 13.0 Å². The van der Waals surface area contributed by atoms with Gasteiger partial charge in [-0.25, -0.2) is 4.39 Å².